The Balaban J connectivity index is 2.06. The summed E-state index contributed by atoms with van der Waals surface area (Å²) in [7, 11) is 0. The first-order valence-electron chi connectivity index (χ1n) is 6.38. The van der Waals surface area contributed by atoms with Gasteiger partial charge in [-0.25, -0.2) is 0 Å². The monoisotopic (exact) mass is 299 g/mol. The van der Waals surface area contributed by atoms with Crippen LogP contribution < -0.4 is 10.6 Å². The quantitative estimate of drug-likeness (QED) is 0.903. The smallest absolute Gasteiger partial charge is 0.221 e. The summed E-state index contributed by atoms with van der Waals surface area (Å²) >= 11 is 6.17. The van der Waals surface area contributed by atoms with Crippen LogP contribution in [-0.4, -0.2) is 5.91 Å². The Kier molecular flexibility index (Phi) is 4.81. The Morgan fingerprint density at radius 2 is 2.10 bits per heavy atom. The lowest BCUT2D eigenvalue weighted by atomic mass is 10.1. The molecule has 106 valence electrons. The number of halogens is 1. The fourth-order valence-electron chi connectivity index (χ4n) is 1.89. The predicted octanol–water partition coefficient (Wildman–Crippen LogP) is 3.78. The second-order valence-electron chi connectivity index (χ2n) is 4.54. The van der Waals surface area contributed by atoms with Crippen LogP contribution in [0.2, 0.25) is 5.02 Å². The highest BCUT2D eigenvalue weighted by atomic mass is 35.5. The number of hydrogen-bond acceptors (Lipinski definition) is 3. The van der Waals surface area contributed by atoms with Crippen molar-refractivity contribution in [3.63, 3.8) is 0 Å². The minimum atomic E-state index is -0.139. The van der Waals surface area contributed by atoms with Gasteiger partial charge in [0.1, 0.15) is 0 Å². The Morgan fingerprint density at radius 1 is 1.29 bits per heavy atom. The Hall–Kier alpha value is -2.51. The SMILES string of the molecule is CC(=O)Nc1ccc(NCc2cccc(C#N)c2)c(Cl)c1. The molecule has 0 aromatic heterocycles. The first-order valence-corrected chi connectivity index (χ1v) is 6.76. The van der Waals surface area contributed by atoms with Crippen LogP contribution in [0.1, 0.15) is 18.1 Å². The molecule has 0 atom stereocenters. The molecule has 0 radical (unpaired) electrons. The van der Waals surface area contributed by atoms with Crippen molar-refractivity contribution in [2.24, 2.45) is 0 Å². The summed E-state index contributed by atoms with van der Waals surface area (Å²) in [6, 6.07) is 14.8. The lowest BCUT2D eigenvalue weighted by molar-refractivity contribution is -0.114. The van der Waals surface area contributed by atoms with E-state index in [0.29, 0.717) is 22.8 Å². The largest absolute Gasteiger partial charge is 0.380 e. The highest BCUT2D eigenvalue weighted by Crippen LogP contribution is 2.26. The Bertz CT molecular complexity index is 707. The average Bonchev–Trinajstić information content (AvgIpc) is 2.46. The van der Waals surface area contributed by atoms with Crippen molar-refractivity contribution in [2.45, 2.75) is 13.5 Å². The summed E-state index contributed by atoms with van der Waals surface area (Å²) in [5, 5.41) is 15.3. The molecule has 0 aliphatic heterocycles. The molecule has 2 rings (SSSR count). The molecule has 4 nitrogen and oxygen atoms in total. The maximum Gasteiger partial charge on any atom is 0.221 e. The third-order valence-corrected chi connectivity index (χ3v) is 3.14. The topological polar surface area (TPSA) is 64.9 Å². The molecule has 21 heavy (non-hydrogen) atoms. The van der Waals surface area contributed by atoms with Crippen LogP contribution in [0.5, 0.6) is 0 Å². The van der Waals surface area contributed by atoms with Gasteiger partial charge in [0.2, 0.25) is 5.91 Å². The molecule has 0 fully saturated rings. The first-order chi connectivity index (χ1) is 10.1. The van der Waals surface area contributed by atoms with E-state index in [1.807, 2.05) is 24.3 Å². The summed E-state index contributed by atoms with van der Waals surface area (Å²) in [5.41, 5.74) is 3.05. The number of nitrogens with one attached hydrogen (secondary N) is 2. The van der Waals surface area contributed by atoms with E-state index in [1.165, 1.54) is 6.92 Å². The van der Waals surface area contributed by atoms with Crippen LogP contribution in [0, 0.1) is 11.3 Å². The van der Waals surface area contributed by atoms with Crippen LogP contribution in [0.3, 0.4) is 0 Å². The van der Waals surface area contributed by atoms with Crippen molar-refractivity contribution in [2.75, 3.05) is 10.6 Å². The van der Waals surface area contributed by atoms with E-state index in [9.17, 15) is 4.79 Å². The zero-order valence-electron chi connectivity index (χ0n) is 11.5. The molecule has 0 saturated heterocycles. The molecule has 0 aliphatic rings. The van der Waals surface area contributed by atoms with Crippen LogP contribution in [0.15, 0.2) is 42.5 Å². The Morgan fingerprint density at radius 3 is 2.76 bits per heavy atom. The second kappa shape index (κ2) is 6.78. The maximum atomic E-state index is 11.0. The number of amides is 1. The minimum Gasteiger partial charge on any atom is -0.380 e. The molecule has 0 saturated carbocycles. The van der Waals surface area contributed by atoms with E-state index < -0.39 is 0 Å². The van der Waals surface area contributed by atoms with Gasteiger partial charge in [-0.2, -0.15) is 5.26 Å². The molecule has 0 unspecified atom stereocenters. The molecule has 2 aromatic carbocycles. The predicted molar refractivity (Wildman–Crippen MR) is 84.2 cm³/mol. The van der Waals surface area contributed by atoms with Gasteiger partial charge in [0, 0.05) is 19.2 Å². The van der Waals surface area contributed by atoms with Gasteiger partial charge >= 0.3 is 0 Å². The molecular weight excluding hydrogens is 286 g/mol. The zero-order chi connectivity index (χ0) is 15.2. The molecule has 0 spiro atoms. The van der Waals surface area contributed by atoms with Crippen molar-refractivity contribution in [1.29, 1.82) is 5.26 Å². The fraction of sp³-hybridized carbons (Fsp3) is 0.125. The molecule has 0 bridgehead atoms. The fourth-order valence-corrected chi connectivity index (χ4v) is 2.13. The summed E-state index contributed by atoms with van der Waals surface area (Å²) in [5.74, 6) is -0.139. The maximum absolute atomic E-state index is 11.0. The van der Waals surface area contributed by atoms with Crippen LogP contribution in [-0.2, 0) is 11.3 Å². The van der Waals surface area contributed by atoms with E-state index in [4.69, 9.17) is 16.9 Å². The molecule has 2 N–H and O–H groups in total. The number of nitrogens with zero attached hydrogens (tertiary/aromatic N) is 1. The van der Waals surface area contributed by atoms with E-state index in [-0.39, 0.29) is 5.91 Å². The highest BCUT2D eigenvalue weighted by molar-refractivity contribution is 6.33. The summed E-state index contributed by atoms with van der Waals surface area (Å²) in [6.45, 7) is 2.01. The normalized spacial score (nSPS) is 9.76. The van der Waals surface area contributed by atoms with Gasteiger partial charge in [0.25, 0.3) is 0 Å². The number of benzene rings is 2. The number of rotatable bonds is 4. The van der Waals surface area contributed by atoms with Gasteiger partial charge in [-0.05, 0) is 35.9 Å². The number of anilines is 2. The lowest BCUT2D eigenvalue weighted by Gasteiger charge is -2.10. The second-order valence-corrected chi connectivity index (χ2v) is 4.95. The van der Waals surface area contributed by atoms with Gasteiger partial charge in [-0.3, -0.25) is 4.79 Å². The molecular formula is C16H14ClN3O. The van der Waals surface area contributed by atoms with Crippen LogP contribution in [0.25, 0.3) is 0 Å². The molecule has 0 aliphatic carbocycles. The van der Waals surface area contributed by atoms with E-state index in [1.54, 1.807) is 18.2 Å². The van der Waals surface area contributed by atoms with Gasteiger partial charge in [0.05, 0.1) is 22.3 Å². The molecule has 5 heteroatoms. The van der Waals surface area contributed by atoms with Crippen LogP contribution >= 0.6 is 11.6 Å². The standard InChI is InChI=1S/C16H14ClN3O/c1-11(21)20-14-5-6-16(15(17)8-14)19-10-13-4-2-3-12(7-13)9-18/h2-8,19H,10H2,1H3,(H,20,21). The average molecular weight is 300 g/mol. The molecule has 1 amide bonds. The number of carbonyl (C=O) groups excluding carboxylic acids is 1. The Labute approximate surface area is 128 Å². The van der Waals surface area contributed by atoms with Crippen molar-refractivity contribution in [1.82, 2.24) is 0 Å². The van der Waals surface area contributed by atoms with Crippen molar-refractivity contribution in [3.8, 4) is 6.07 Å². The minimum absolute atomic E-state index is 0.139. The van der Waals surface area contributed by atoms with Crippen LogP contribution in [0.4, 0.5) is 11.4 Å². The van der Waals surface area contributed by atoms with Gasteiger partial charge in [-0.1, -0.05) is 23.7 Å². The van der Waals surface area contributed by atoms with E-state index >= 15 is 0 Å². The van der Waals surface area contributed by atoms with Gasteiger partial charge in [0.15, 0.2) is 0 Å². The summed E-state index contributed by atoms with van der Waals surface area (Å²) < 4.78 is 0. The molecule has 0 heterocycles. The number of nitriles is 1. The highest BCUT2D eigenvalue weighted by Gasteiger charge is 2.03. The van der Waals surface area contributed by atoms with Crippen molar-refractivity contribution >= 4 is 28.9 Å². The number of hydrogen-bond donors (Lipinski definition) is 2. The lowest BCUT2D eigenvalue weighted by Crippen LogP contribution is -2.06. The van der Waals surface area contributed by atoms with E-state index in [0.717, 1.165) is 11.3 Å². The van der Waals surface area contributed by atoms with Crippen molar-refractivity contribution < 1.29 is 4.79 Å². The van der Waals surface area contributed by atoms with Gasteiger partial charge in [-0.15, -0.1) is 0 Å². The molecule has 2 aromatic rings. The van der Waals surface area contributed by atoms with E-state index in [2.05, 4.69) is 16.7 Å². The third-order valence-electron chi connectivity index (χ3n) is 2.83. The summed E-state index contributed by atoms with van der Waals surface area (Å²) in [6.07, 6.45) is 0. The third kappa shape index (κ3) is 4.23. The number of carbonyl (C=O) groups is 1. The van der Waals surface area contributed by atoms with Gasteiger partial charge < -0.3 is 10.6 Å². The summed E-state index contributed by atoms with van der Waals surface area (Å²) in [4.78, 5) is 11.0. The zero-order valence-corrected chi connectivity index (χ0v) is 12.2. The first kappa shape index (κ1) is 14.9. The van der Waals surface area contributed by atoms with Crippen molar-refractivity contribution in [3.05, 3.63) is 58.6 Å².